The fourth-order valence-corrected chi connectivity index (χ4v) is 2.52. The van der Waals surface area contributed by atoms with Gasteiger partial charge in [0.1, 0.15) is 0 Å². The number of benzene rings is 1. The van der Waals surface area contributed by atoms with Gasteiger partial charge in [-0.05, 0) is 38.0 Å². The third-order valence-electron chi connectivity index (χ3n) is 3.64. The van der Waals surface area contributed by atoms with Crippen LogP contribution in [0.2, 0.25) is 0 Å². The molecule has 1 amide bonds. The molecule has 5 nitrogen and oxygen atoms in total. The lowest BCUT2D eigenvalue weighted by Crippen LogP contribution is -2.39. The lowest BCUT2D eigenvalue weighted by Gasteiger charge is -2.22. The van der Waals surface area contributed by atoms with E-state index in [9.17, 15) is 9.90 Å². The summed E-state index contributed by atoms with van der Waals surface area (Å²) in [5.41, 5.74) is 1.05. The van der Waals surface area contributed by atoms with Crippen LogP contribution in [0.1, 0.15) is 32.3 Å². The Hall–Kier alpha value is -1.75. The molecule has 1 aromatic carbocycles. The summed E-state index contributed by atoms with van der Waals surface area (Å²) in [6.07, 6.45) is 1.66. The van der Waals surface area contributed by atoms with E-state index in [1.54, 1.807) is 6.07 Å². The first-order valence-electron chi connectivity index (χ1n) is 7.56. The summed E-state index contributed by atoms with van der Waals surface area (Å²) in [6.45, 7) is 6.80. The van der Waals surface area contributed by atoms with Gasteiger partial charge in [-0.25, -0.2) is 0 Å². The number of nitrogens with zero attached hydrogens (tertiary/aromatic N) is 1. The topological polar surface area (TPSA) is 61.8 Å². The van der Waals surface area contributed by atoms with Gasteiger partial charge in [-0.15, -0.1) is 0 Å². The first kappa shape index (κ1) is 15.6. The average molecular weight is 292 g/mol. The van der Waals surface area contributed by atoms with Crippen LogP contribution >= 0.6 is 0 Å². The van der Waals surface area contributed by atoms with Gasteiger partial charge in [0.2, 0.25) is 5.91 Å². The van der Waals surface area contributed by atoms with Gasteiger partial charge in [0, 0.05) is 32.1 Å². The number of carbonyl (C=O) groups is 1. The molecule has 21 heavy (non-hydrogen) atoms. The first-order valence-corrected chi connectivity index (χ1v) is 7.56. The average Bonchev–Trinajstić information content (AvgIpc) is 2.85. The molecule has 0 saturated carbocycles. The van der Waals surface area contributed by atoms with Crippen LogP contribution in [0, 0.1) is 0 Å². The molecule has 5 heteroatoms. The summed E-state index contributed by atoms with van der Waals surface area (Å²) in [6, 6.07) is 5.60. The van der Waals surface area contributed by atoms with Crippen LogP contribution < -0.4 is 10.1 Å². The molecule has 0 bridgehead atoms. The maximum atomic E-state index is 11.6. The summed E-state index contributed by atoms with van der Waals surface area (Å²) < 4.78 is 5.38. The van der Waals surface area contributed by atoms with Crippen molar-refractivity contribution >= 4 is 5.91 Å². The van der Waals surface area contributed by atoms with E-state index in [4.69, 9.17) is 4.74 Å². The maximum Gasteiger partial charge on any atom is 0.222 e. The van der Waals surface area contributed by atoms with Gasteiger partial charge in [-0.2, -0.15) is 0 Å². The first-order chi connectivity index (χ1) is 10.1. The maximum absolute atomic E-state index is 11.6. The smallest absolute Gasteiger partial charge is 0.222 e. The lowest BCUT2D eigenvalue weighted by molar-refractivity contribution is -0.127. The van der Waals surface area contributed by atoms with Gasteiger partial charge in [0.05, 0.1) is 6.61 Å². The monoisotopic (exact) mass is 292 g/mol. The molecular formula is C16H24N2O3. The largest absolute Gasteiger partial charge is 0.504 e. The van der Waals surface area contributed by atoms with Gasteiger partial charge < -0.3 is 20.1 Å². The Morgan fingerprint density at radius 2 is 2.29 bits per heavy atom. The molecule has 116 valence electrons. The molecule has 2 rings (SSSR count). The number of nitrogens with one attached hydrogen (secondary N) is 1. The minimum atomic E-state index is 0.163. The van der Waals surface area contributed by atoms with Gasteiger partial charge in [-0.1, -0.05) is 6.07 Å². The Morgan fingerprint density at radius 1 is 1.48 bits per heavy atom. The highest BCUT2D eigenvalue weighted by Gasteiger charge is 2.21. The van der Waals surface area contributed by atoms with Crippen LogP contribution in [-0.2, 0) is 11.3 Å². The molecule has 1 heterocycles. The molecule has 1 fully saturated rings. The van der Waals surface area contributed by atoms with Crippen molar-refractivity contribution in [3.63, 3.8) is 0 Å². The van der Waals surface area contributed by atoms with Gasteiger partial charge >= 0.3 is 0 Å². The molecule has 1 atom stereocenters. The van der Waals surface area contributed by atoms with Gasteiger partial charge in [0.25, 0.3) is 0 Å². The number of phenols is 1. The number of phenolic OH excluding ortho intramolecular Hbond substituents is 1. The number of rotatable bonds is 7. The third kappa shape index (κ3) is 4.36. The second-order valence-corrected chi connectivity index (χ2v) is 5.46. The Balaban J connectivity index is 1.84. The molecular weight excluding hydrogens is 268 g/mol. The number of ether oxygens (including phenoxy) is 1. The number of amides is 1. The summed E-state index contributed by atoms with van der Waals surface area (Å²) in [4.78, 5) is 13.5. The molecule has 0 aliphatic carbocycles. The van der Waals surface area contributed by atoms with E-state index in [0.29, 0.717) is 25.3 Å². The van der Waals surface area contributed by atoms with Gasteiger partial charge in [0.15, 0.2) is 11.5 Å². The zero-order chi connectivity index (χ0) is 15.2. The van der Waals surface area contributed by atoms with Crippen LogP contribution in [0.15, 0.2) is 18.2 Å². The number of likely N-dealkylation sites (tertiary alicyclic amines) is 1. The molecule has 0 radical (unpaired) electrons. The normalized spacial score (nSPS) is 16.3. The Morgan fingerprint density at radius 3 is 2.95 bits per heavy atom. The third-order valence-corrected chi connectivity index (χ3v) is 3.64. The summed E-state index contributed by atoms with van der Waals surface area (Å²) in [7, 11) is 0. The Bertz CT molecular complexity index is 490. The van der Waals surface area contributed by atoms with E-state index >= 15 is 0 Å². The lowest BCUT2D eigenvalue weighted by atomic mass is 10.2. The van der Waals surface area contributed by atoms with Crippen LogP contribution in [0.25, 0.3) is 0 Å². The highest BCUT2D eigenvalue weighted by molar-refractivity contribution is 5.78. The summed E-state index contributed by atoms with van der Waals surface area (Å²) >= 11 is 0. The fourth-order valence-electron chi connectivity index (χ4n) is 2.52. The minimum absolute atomic E-state index is 0.163. The molecule has 1 unspecified atom stereocenters. The molecule has 0 spiro atoms. The predicted molar refractivity (Wildman–Crippen MR) is 81.4 cm³/mol. The quantitative estimate of drug-likeness (QED) is 0.805. The number of carbonyl (C=O) groups excluding carboxylic acids is 1. The van der Waals surface area contributed by atoms with E-state index in [1.165, 1.54) is 0 Å². The van der Waals surface area contributed by atoms with Crippen molar-refractivity contribution in [3.05, 3.63) is 23.8 Å². The number of aromatic hydroxyl groups is 1. The molecule has 2 N–H and O–H groups in total. The molecule has 1 aliphatic rings. The van der Waals surface area contributed by atoms with E-state index in [0.717, 1.165) is 25.1 Å². The number of hydrogen-bond donors (Lipinski definition) is 2. The van der Waals surface area contributed by atoms with Crippen molar-refractivity contribution in [2.75, 3.05) is 19.7 Å². The van der Waals surface area contributed by atoms with Crippen molar-refractivity contribution in [1.29, 1.82) is 0 Å². The molecule has 1 saturated heterocycles. The predicted octanol–water partition coefficient (Wildman–Crippen LogP) is 1.89. The number of hydrogen-bond acceptors (Lipinski definition) is 4. The minimum Gasteiger partial charge on any atom is -0.504 e. The van der Waals surface area contributed by atoms with Crippen molar-refractivity contribution in [2.24, 2.45) is 0 Å². The van der Waals surface area contributed by atoms with E-state index in [-0.39, 0.29) is 17.7 Å². The summed E-state index contributed by atoms with van der Waals surface area (Å²) in [5.74, 6) is 0.933. The van der Waals surface area contributed by atoms with E-state index in [2.05, 4.69) is 12.2 Å². The van der Waals surface area contributed by atoms with E-state index < -0.39 is 0 Å². The van der Waals surface area contributed by atoms with Crippen molar-refractivity contribution < 1.29 is 14.6 Å². The highest BCUT2D eigenvalue weighted by Crippen LogP contribution is 2.26. The summed E-state index contributed by atoms with van der Waals surface area (Å²) in [5, 5.41) is 13.1. The zero-order valence-corrected chi connectivity index (χ0v) is 12.8. The van der Waals surface area contributed by atoms with Crippen molar-refractivity contribution in [3.8, 4) is 11.5 Å². The Kier molecular flexibility index (Phi) is 5.44. The second-order valence-electron chi connectivity index (χ2n) is 5.46. The molecule has 0 aromatic heterocycles. The molecule has 1 aromatic rings. The second kappa shape index (κ2) is 7.31. The van der Waals surface area contributed by atoms with Crippen molar-refractivity contribution in [1.82, 2.24) is 10.2 Å². The fraction of sp³-hybridized carbons (Fsp3) is 0.562. The van der Waals surface area contributed by atoms with Crippen molar-refractivity contribution in [2.45, 2.75) is 39.3 Å². The van der Waals surface area contributed by atoms with Crippen LogP contribution in [0.4, 0.5) is 0 Å². The van der Waals surface area contributed by atoms with E-state index in [1.807, 2.05) is 24.0 Å². The molecule has 1 aliphatic heterocycles. The van der Waals surface area contributed by atoms with Crippen LogP contribution in [0.3, 0.4) is 0 Å². The van der Waals surface area contributed by atoms with Gasteiger partial charge in [-0.3, -0.25) is 4.79 Å². The van der Waals surface area contributed by atoms with Crippen LogP contribution in [-0.4, -0.2) is 41.7 Å². The van der Waals surface area contributed by atoms with Crippen LogP contribution in [0.5, 0.6) is 11.5 Å². The highest BCUT2D eigenvalue weighted by atomic mass is 16.5. The zero-order valence-electron chi connectivity index (χ0n) is 12.8. The SMILES string of the molecule is CCOc1cc(CNC(C)CN2CCCC2=O)ccc1O. The Labute approximate surface area is 125 Å². The standard InChI is InChI=1S/C16H24N2O3/c1-3-21-15-9-13(6-7-14(15)19)10-17-12(2)11-18-8-4-5-16(18)20/h6-7,9,12,17,19H,3-5,8,10-11H2,1-2H3.